The molecule has 0 fully saturated rings. The number of halogens is 1. The van der Waals surface area contributed by atoms with Crippen LogP contribution in [0.2, 0.25) is 0 Å². The average molecular weight is 339 g/mol. The van der Waals surface area contributed by atoms with Gasteiger partial charge in [0.1, 0.15) is 10.8 Å². The van der Waals surface area contributed by atoms with Gasteiger partial charge in [-0.05, 0) is 18.2 Å². The van der Waals surface area contributed by atoms with Crippen molar-refractivity contribution in [1.29, 1.82) is 0 Å². The van der Waals surface area contributed by atoms with Crippen LogP contribution in [0.15, 0.2) is 34.9 Å². The van der Waals surface area contributed by atoms with Gasteiger partial charge in [-0.2, -0.15) is 5.10 Å². The molecule has 0 bridgehead atoms. The maximum absolute atomic E-state index is 12.1. The maximum Gasteiger partial charge on any atom is 0.256 e. The molecule has 0 aliphatic carbocycles. The lowest BCUT2D eigenvalue weighted by Crippen LogP contribution is -2.18. The van der Waals surface area contributed by atoms with Crippen molar-refractivity contribution in [2.24, 2.45) is 12.8 Å². The number of benzene rings is 1. The van der Waals surface area contributed by atoms with Crippen LogP contribution in [0.3, 0.4) is 0 Å². The van der Waals surface area contributed by atoms with Crippen molar-refractivity contribution in [3.8, 4) is 0 Å². The van der Waals surface area contributed by atoms with Crippen molar-refractivity contribution < 1.29 is 4.79 Å². The summed E-state index contributed by atoms with van der Waals surface area (Å²) in [5.41, 5.74) is 6.66. The summed E-state index contributed by atoms with van der Waals surface area (Å²) in [7, 11) is 1.71. The third-order valence-electron chi connectivity index (χ3n) is 2.52. The fourth-order valence-electron chi connectivity index (χ4n) is 1.58. The second-order valence-corrected chi connectivity index (χ2v) is 5.21. The van der Waals surface area contributed by atoms with E-state index in [0.717, 1.165) is 4.47 Å². The molecule has 0 aliphatic rings. The molecule has 3 N–H and O–H groups in total. The molecule has 0 saturated heterocycles. The summed E-state index contributed by atoms with van der Waals surface area (Å²) in [4.78, 5) is 12.3. The minimum Gasteiger partial charge on any atom is -0.389 e. The van der Waals surface area contributed by atoms with Gasteiger partial charge in [-0.15, -0.1) is 0 Å². The number of carbonyl (C=O) groups excluding carboxylic acids is 1. The summed E-state index contributed by atoms with van der Waals surface area (Å²) in [6, 6.07) is 7.08. The predicted molar refractivity (Wildman–Crippen MR) is 81.2 cm³/mol. The molecule has 0 spiro atoms. The van der Waals surface area contributed by atoms with Crippen molar-refractivity contribution in [3.05, 3.63) is 46.1 Å². The van der Waals surface area contributed by atoms with Crippen LogP contribution in [0.25, 0.3) is 0 Å². The van der Waals surface area contributed by atoms with Crippen LogP contribution in [0.1, 0.15) is 15.9 Å². The third-order valence-corrected chi connectivity index (χ3v) is 3.24. The predicted octanol–water partition coefficient (Wildman–Crippen LogP) is 2.07. The quantitative estimate of drug-likeness (QED) is 0.840. The summed E-state index contributed by atoms with van der Waals surface area (Å²) in [6.07, 6.45) is 1.53. The molecule has 1 amide bonds. The summed E-state index contributed by atoms with van der Waals surface area (Å²) in [6.45, 7) is 0. The van der Waals surface area contributed by atoms with Gasteiger partial charge < -0.3 is 11.1 Å². The molecule has 7 heteroatoms. The number of nitrogens with one attached hydrogen (secondary N) is 1. The van der Waals surface area contributed by atoms with E-state index in [1.807, 2.05) is 6.07 Å². The minimum absolute atomic E-state index is 0.192. The first kappa shape index (κ1) is 13.7. The van der Waals surface area contributed by atoms with Gasteiger partial charge in [0, 0.05) is 17.1 Å². The number of anilines is 1. The second kappa shape index (κ2) is 5.50. The average Bonchev–Trinajstić information content (AvgIpc) is 2.71. The van der Waals surface area contributed by atoms with Crippen LogP contribution in [-0.4, -0.2) is 20.7 Å². The molecule has 2 aromatic rings. The van der Waals surface area contributed by atoms with Crippen LogP contribution < -0.4 is 11.1 Å². The van der Waals surface area contributed by atoms with Crippen molar-refractivity contribution >= 4 is 44.9 Å². The molecular formula is C12H11BrN4OS. The zero-order chi connectivity index (χ0) is 14.0. The van der Waals surface area contributed by atoms with Gasteiger partial charge in [-0.1, -0.05) is 34.2 Å². The number of rotatable bonds is 3. The first-order chi connectivity index (χ1) is 8.99. The van der Waals surface area contributed by atoms with Gasteiger partial charge >= 0.3 is 0 Å². The number of amides is 1. The topological polar surface area (TPSA) is 72.9 Å². The molecule has 1 heterocycles. The van der Waals surface area contributed by atoms with Crippen LogP contribution in [-0.2, 0) is 7.05 Å². The number of carbonyl (C=O) groups is 1. The summed E-state index contributed by atoms with van der Waals surface area (Å²) >= 11 is 8.24. The smallest absolute Gasteiger partial charge is 0.256 e. The van der Waals surface area contributed by atoms with Gasteiger partial charge in [0.25, 0.3) is 5.91 Å². The zero-order valence-electron chi connectivity index (χ0n) is 10.1. The van der Waals surface area contributed by atoms with Crippen molar-refractivity contribution in [2.75, 3.05) is 5.32 Å². The highest BCUT2D eigenvalue weighted by molar-refractivity contribution is 9.10. The monoisotopic (exact) mass is 338 g/mol. The molecule has 2 rings (SSSR count). The second-order valence-electron chi connectivity index (χ2n) is 3.86. The van der Waals surface area contributed by atoms with Gasteiger partial charge in [-0.3, -0.25) is 9.48 Å². The number of aryl methyl sites for hydroxylation is 1. The SMILES string of the molecule is Cn1ncc(C(N)=S)c1NC(=O)c1cccc(Br)c1. The van der Waals surface area contributed by atoms with Gasteiger partial charge in [0.2, 0.25) is 0 Å². The summed E-state index contributed by atoms with van der Waals surface area (Å²) < 4.78 is 2.35. The summed E-state index contributed by atoms with van der Waals surface area (Å²) in [5, 5.41) is 6.78. The highest BCUT2D eigenvalue weighted by atomic mass is 79.9. The highest BCUT2D eigenvalue weighted by Crippen LogP contribution is 2.17. The fourth-order valence-corrected chi connectivity index (χ4v) is 2.12. The van der Waals surface area contributed by atoms with Crippen LogP contribution in [0.4, 0.5) is 5.82 Å². The highest BCUT2D eigenvalue weighted by Gasteiger charge is 2.14. The fraction of sp³-hybridized carbons (Fsp3) is 0.0833. The van der Waals surface area contributed by atoms with E-state index in [2.05, 4.69) is 26.3 Å². The van der Waals surface area contributed by atoms with Crippen molar-refractivity contribution in [1.82, 2.24) is 9.78 Å². The maximum atomic E-state index is 12.1. The molecule has 0 radical (unpaired) electrons. The van der Waals surface area contributed by atoms with Gasteiger partial charge in [0.15, 0.2) is 0 Å². The molecular weight excluding hydrogens is 328 g/mol. The Labute approximate surface area is 123 Å². The van der Waals surface area contributed by atoms with Gasteiger partial charge in [0.05, 0.1) is 11.8 Å². The van der Waals surface area contributed by atoms with Gasteiger partial charge in [-0.25, -0.2) is 0 Å². The van der Waals surface area contributed by atoms with E-state index in [0.29, 0.717) is 16.9 Å². The molecule has 1 aromatic heterocycles. The molecule has 0 unspecified atom stereocenters. The number of hydrogen-bond acceptors (Lipinski definition) is 3. The Hall–Kier alpha value is -1.73. The van der Waals surface area contributed by atoms with Crippen molar-refractivity contribution in [2.45, 2.75) is 0 Å². The Kier molecular flexibility index (Phi) is 3.96. The van der Waals surface area contributed by atoms with Crippen molar-refractivity contribution in [3.63, 3.8) is 0 Å². The molecule has 0 saturated carbocycles. The Bertz CT molecular complexity index is 653. The van der Waals surface area contributed by atoms with Crippen LogP contribution in [0, 0.1) is 0 Å². The van der Waals surface area contributed by atoms with E-state index in [1.54, 1.807) is 25.2 Å². The largest absolute Gasteiger partial charge is 0.389 e. The number of nitrogens with two attached hydrogens (primary N) is 1. The molecule has 5 nitrogen and oxygen atoms in total. The number of thiocarbonyl (C=S) groups is 1. The Morgan fingerprint density at radius 3 is 2.89 bits per heavy atom. The van der Waals surface area contributed by atoms with E-state index >= 15 is 0 Å². The Balaban J connectivity index is 2.29. The third kappa shape index (κ3) is 2.99. The van der Waals surface area contributed by atoms with E-state index in [-0.39, 0.29) is 10.9 Å². The lowest BCUT2D eigenvalue weighted by atomic mass is 10.2. The van der Waals surface area contributed by atoms with Crippen LogP contribution >= 0.6 is 28.1 Å². The molecule has 1 aromatic carbocycles. The minimum atomic E-state index is -0.248. The molecule has 98 valence electrons. The lowest BCUT2D eigenvalue weighted by molar-refractivity contribution is 0.102. The Morgan fingerprint density at radius 2 is 2.26 bits per heavy atom. The molecule has 0 atom stereocenters. The number of nitrogens with zero attached hydrogens (tertiary/aromatic N) is 2. The van der Waals surface area contributed by atoms with E-state index < -0.39 is 0 Å². The standard InChI is InChI=1S/C12H11BrN4OS/c1-17-11(9(6-15-17)10(14)19)16-12(18)7-3-2-4-8(13)5-7/h2-6H,1H3,(H2,14,19)(H,16,18). The lowest BCUT2D eigenvalue weighted by Gasteiger charge is -2.08. The first-order valence-corrected chi connectivity index (χ1v) is 6.58. The first-order valence-electron chi connectivity index (χ1n) is 5.37. The molecule has 19 heavy (non-hydrogen) atoms. The number of aromatic nitrogens is 2. The molecule has 0 aliphatic heterocycles. The van der Waals surface area contributed by atoms with E-state index in [1.165, 1.54) is 10.9 Å². The zero-order valence-corrected chi connectivity index (χ0v) is 12.5. The van der Waals surface area contributed by atoms with E-state index in [9.17, 15) is 4.79 Å². The summed E-state index contributed by atoms with van der Waals surface area (Å²) in [5.74, 6) is 0.236. The normalized spacial score (nSPS) is 10.2. The Morgan fingerprint density at radius 1 is 1.53 bits per heavy atom. The van der Waals surface area contributed by atoms with Crippen LogP contribution in [0.5, 0.6) is 0 Å². The van der Waals surface area contributed by atoms with E-state index in [4.69, 9.17) is 18.0 Å². The number of hydrogen-bond donors (Lipinski definition) is 2.